The first-order valence-corrected chi connectivity index (χ1v) is 5.17. The van der Waals surface area contributed by atoms with E-state index < -0.39 is 12.1 Å². The second-order valence-electron chi connectivity index (χ2n) is 3.46. The molecule has 1 N–H and O–H groups in total. The monoisotopic (exact) mass is 224 g/mol. The van der Waals surface area contributed by atoms with Crippen LogP contribution in [-0.2, 0) is 9.53 Å². The highest BCUT2D eigenvalue weighted by molar-refractivity contribution is 5.74. The van der Waals surface area contributed by atoms with Crippen molar-refractivity contribution in [3.05, 3.63) is 23.8 Å². The molecule has 4 nitrogen and oxygen atoms in total. The summed E-state index contributed by atoms with van der Waals surface area (Å²) in [5.41, 5.74) is 0.760. The Morgan fingerprint density at radius 3 is 2.75 bits per heavy atom. The van der Waals surface area contributed by atoms with Gasteiger partial charge in [0.15, 0.2) is 6.10 Å². The summed E-state index contributed by atoms with van der Waals surface area (Å²) in [5.74, 6) is 0.180. The number of carbonyl (C=O) groups excluding carboxylic acids is 1. The molecule has 0 amide bonds. The van der Waals surface area contributed by atoms with Crippen LogP contribution in [0.15, 0.2) is 18.2 Å². The lowest BCUT2D eigenvalue weighted by Crippen LogP contribution is -2.26. The Balaban J connectivity index is 2.66. The zero-order valence-corrected chi connectivity index (χ0v) is 9.69. The summed E-state index contributed by atoms with van der Waals surface area (Å²) < 4.78 is 10.1. The summed E-state index contributed by atoms with van der Waals surface area (Å²) in [6.07, 6.45) is -0.679. The van der Waals surface area contributed by atoms with Gasteiger partial charge in [-0.15, -0.1) is 0 Å². The Labute approximate surface area is 94.8 Å². The number of hydrogen-bond acceptors (Lipinski definition) is 4. The lowest BCUT2D eigenvalue weighted by molar-refractivity contribution is -0.150. The SMILES string of the molecule is CCOC(=O)C(C)Oc1ccc(C)c(O)c1. The van der Waals surface area contributed by atoms with Crippen LogP contribution in [-0.4, -0.2) is 23.8 Å². The van der Waals surface area contributed by atoms with Crippen molar-refractivity contribution in [3.63, 3.8) is 0 Å². The maximum atomic E-state index is 11.3. The van der Waals surface area contributed by atoms with Crippen LogP contribution in [0.1, 0.15) is 19.4 Å². The van der Waals surface area contributed by atoms with Gasteiger partial charge in [-0.25, -0.2) is 4.79 Å². The van der Waals surface area contributed by atoms with E-state index in [0.29, 0.717) is 12.4 Å². The Morgan fingerprint density at radius 2 is 2.19 bits per heavy atom. The fourth-order valence-corrected chi connectivity index (χ4v) is 1.17. The molecule has 0 fully saturated rings. The highest BCUT2D eigenvalue weighted by Gasteiger charge is 2.15. The van der Waals surface area contributed by atoms with Crippen molar-refractivity contribution in [1.29, 1.82) is 0 Å². The van der Waals surface area contributed by atoms with E-state index in [-0.39, 0.29) is 5.75 Å². The Bertz CT molecular complexity index is 373. The predicted octanol–water partition coefficient (Wildman–Crippen LogP) is 2.03. The molecule has 1 aromatic carbocycles. The van der Waals surface area contributed by atoms with Gasteiger partial charge in [0.2, 0.25) is 0 Å². The fraction of sp³-hybridized carbons (Fsp3) is 0.417. The summed E-state index contributed by atoms with van der Waals surface area (Å²) in [7, 11) is 0. The number of carbonyl (C=O) groups is 1. The molecule has 1 aromatic rings. The lowest BCUT2D eigenvalue weighted by atomic mass is 10.2. The number of rotatable bonds is 4. The van der Waals surface area contributed by atoms with Gasteiger partial charge in [0.05, 0.1) is 6.61 Å². The number of phenols is 1. The van der Waals surface area contributed by atoms with Crippen LogP contribution in [0.5, 0.6) is 11.5 Å². The van der Waals surface area contributed by atoms with Crippen LogP contribution < -0.4 is 4.74 Å². The Kier molecular flexibility index (Phi) is 4.17. The summed E-state index contributed by atoms with van der Waals surface area (Å²) >= 11 is 0. The molecular weight excluding hydrogens is 208 g/mol. The highest BCUT2D eigenvalue weighted by atomic mass is 16.6. The Hall–Kier alpha value is -1.71. The van der Waals surface area contributed by atoms with Crippen LogP contribution in [0.25, 0.3) is 0 Å². The fourth-order valence-electron chi connectivity index (χ4n) is 1.17. The predicted molar refractivity (Wildman–Crippen MR) is 59.6 cm³/mol. The summed E-state index contributed by atoms with van der Waals surface area (Å²) in [6.45, 7) is 5.46. The number of hydrogen-bond donors (Lipinski definition) is 1. The molecule has 16 heavy (non-hydrogen) atoms. The molecule has 1 unspecified atom stereocenters. The molecule has 88 valence electrons. The summed E-state index contributed by atoms with van der Waals surface area (Å²) in [4.78, 5) is 11.3. The van der Waals surface area contributed by atoms with Crippen molar-refractivity contribution in [2.75, 3.05) is 6.61 Å². The quantitative estimate of drug-likeness (QED) is 0.795. The van der Waals surface area contributed by atoms with Crippen molar-refractivity contribution >= 4 is 5.97 Å². The third kappa shape index (κ3) is 3.15. The third-order valence-corrected chi connectivity index (χ3v) is 2.11. The maximum absolute atomic E-state index is 11.3. The zero-order valence-electron chi connectivity index (χ0n) is 9.69. The highest BCUT2D eigenvalue weighted by Crippen LogP contribution is 2.23. The average molecular weight is 224 g/mol. The first-order chi connectivity index (χ1) is 7.54. The van der Waals surface area contributed by atoms with Crippen LogP contribution >= 0.6 is 0 Å². The molecule has 0 saturated carbocycles. The minimum atomic E-state index is -0.679. The molecule has 1 rings (SSSR count). The number of aromatic hydroxyl groups is 1. The van der Waals surface area contributed by atoms with Crippen molar-refractivity contribution in [1.82, 2.24) is 0 Å². The minimum Gasteiger partial charge on any atom is -0.508 e. The number of phenolic OH excluding ortho intramolecular Hbond substituents is 1. The molecule has 0 aliphatic carbocycles. The van der Waals surface area contributed by atoms with Crippen LogP contribution in [0.2, 0.25) is 0 Å². The molecule has 0 heterocycles. The number of benzene rings is 1. The molecule has 1 atom stereocenters. The maximum Gasteiger partial charge on any atom is 0.347 e. The van der Waals surface area contributed by atoms with Gasteiger partial charge in [0.1, 0.15) is 11.5 Å². The van der Waals surface area contributed by atoms with Gasteiger partial charge in [-0.1, -0.05) is 6.07 Å². The molecule has 0 bridgehead atoms. The van der Waals surface area contributed by atoms with Crippen LogP contribution in [0.4, 0.5) is 0 Å². The first-order valence-electron chi connectivity index (χ1n) is 5.17. The van der Waals surface area contributed by atoms with Crippen molar-refractivity contribution in [2.45, 2.75) is 26.9 Å². The number of esters is 1. The molecular formula is C12H16O4. The normalized spacial score (nSPS) is 11.9. The number of ether oxygens (including phenoxy) is 2. The average Bonchev–Trinajstić information content (AvgIpc) is 2.24. The second kappa shape index (κ2) is 5.39. The summed E-state index contributed by atoms with van der Waals surface area (Å²) in [5, 5.41) is 9.46. The zero-order chi connectivity index (χ0) is 12.1. The van der Waals surface area contributed by atoms with Crippen molar-refractivity contribution in [2.24, 2.45) is 0 Å². The van der Waals surface area contributed by atoms with Gasteiger partial charge in [0.25, 0.3) is 0 Å². The summed E-state index contributed by atoms with van der Waals surface area (Å²) in [6, 6.07) is 4.90. The van der Waals surface area contributed by atoms with Gasteiger partial charge in [-0.05, 0) is 32.4 Å². The topological polar surface area (TPSA) is 55.8 Å². The van der Waals surface area contributed by atoms with Crippen molar-refractivity contribution in [3.8, 4) is 11.5 Å². The van der Waals surface area contributed by atoms with E-state index in [1.165, 1.54) is 6.07 Å². The van der Waals surface area contributed by atoms with Gasteiger partial charge < -0.3 is 14.6 Å². The second-order valence-corrected chi connectivity index (χ2v) is 3.46. The molecule has 4 heteroatoms. The molecule has 0 aliphatic heterocycles. The third-order valence-electron chi connectivity index (χ3n) is 2.11. The molecule has 0 aromatic heterocycles. The van der Waals surface area contributed by atoms with E-state index >= 15 is 0 Å². The number of aryl methyl sites for hydroxylation is 1. The van der Waals surface area contributed by atoms with E-state index in [0.717, 1.165) is 5.56 Å². The van der Waals surface area contributed by atoms with E-state index in [4.69, 9.17) is 9.47 Å². The van der Waals surface area contributed by atoms with E-state index in [9.17, 15) is 9.90 Å². The van der Waals surface area contributed by atoms with Crippen LogP contribution in [0.3, 0.4) is 0 Å². The lowest BCUT2D eigenvalue weighted by Gasteiger charge is -2.13. The van der Waals surface area contributed by atoms with Gasteiger partial charge in [-0.2, -0.15) is 0 Å². The Morgan fingerprint density at radius 1 is 1.50 bits per heavy atom. The minimum absolute atomic E-state index is 0.147. The molecule has 0 aliphatic rings. The van der Waals surface area contributed by atoms with Crippen molar-refractivity contribution < 1.29 is 19.4 Å². The largest absolute Gasteiger partial charge is 0.508 e. The van der Waals surface area contributed by atoms with Crippen LogP contribution in [0, 0.1) is 6.92 Å². The van der Waals surface area contributed by atoms with E-state index in [1.54, 1.807) is 32.9 Å². The van der Waals surface area contributed by atoms with Gasteiger partial charge in [0, 0.05) is 6.07 Å². The standard InChI is InChI=1S/C12H16O4/c1-4-15-12(14)9(3)16-10-6-5-8(2)11(13)7-10/h5-7,9,13H,4H2,1-3H3. The first kappa shape index (κ1) is 12.4. The van der Waals surface area contributed by atoms with Gasteiger partial charge >= 0.3 is 5.97 Å². The van der Waals surface area contributed by atoms with E-state index in [1.807, 2.05) is 0 Å². The molecule has 0 radical (unpaired) electrons. The molecule has 0 saturated heterocycles. The smallest absolute Gasteiger partial charge is 0.347 e. The molecule has 0 spiro atoms. The van der Waals surface area contributed by atoms with Gasteiger partial charge in [-0.3, -0.25) is 0 Å². The van der Waals surface area contributed by atoms with E-state index in [2.05, 4.69) is 0 Å².